The number of hydrogen-bond donors (Lipinski definition) is 2. The Balaban J connectivity index is 0.00000256. The van der Waals surface area contributed by atoms with Crippen LogP contribution in [-0.2, 0) is 17.8 Å². The normalized spacial score (nSPS) is 22.6. The number of benzene rings is 1. The van der Waals surface area contributed by atoms with Crippen molar-refractivity contribution in [3.63, 3.8) is 0 Å². The minimum Gasteiger partial charge on any atom is -0.353 e. The van der Waals surface area contributed by atoms with Crippen molar-refractivity contribution < 1.29 is 4.79 Å². The first-order chi connectivity index (χ1) is 14.1. The van der Waals surface area contributed by atoms with Gasteiger partial charge in [0.15, 0.2) is 0 Å². The second-order valence-corrected chi connectivity index (χ2v) is 10.1. The number of aromatic nitrogens is 1. The SMILES string of the molecule is Cl.NC1CCC(NC(=O)CCc2cn(CC3CCCCC3)c3ccc(Br)cc23)CC1. The van der Waals surface area contributed by atoms with Crippen molar-refractivity contribution in [2.45, 2.75) is 89.3 Å². The van der Waals surface area contributed by atoms with Crippen molar-refractivity contribution in [3.05, 3.63) is 34.4 Å². The predicted octanol–water partition coefficient (Wildman–Crippen LogP) is 5.72. The lowest BCUT2D eigenvalue weighted by Crippen LogP contribution is -2.40. The van der Waals surface area contributed by atoms with Gasteiger partial charge >= 0.3 is 0 Å². The highest BCUT2D eigenvalue weighted by Gasteiger charge is 2.21. The fourth-order valence-electron chi connectivity index (χ4n) is 5.15. The monoisotopic (exact) mass is 495 g/mol. The van der Waals surface area contributed by atoms with Crippen molar-refractivity contribution in [2.75, 3.05) is 0 Å². The molecule has 30 heavy (non-hydrogen) atoms. The van der Waals surface area contributed by atoms with Gasteiger partial charge in [-0.05, 0) is 74.6 Å². The lowest BCUT2D eigenvalue weighted by molar-refractivity contribution is -0.122. The number of halogens is 2. The molecule has 0 spiro atoms. The molecule has 0 radical (unpaired) electrons. The molecule has 0 saturated heterocycles. The molecular weight excluding hydrogens is 462 g/mol. The largest absolute Gasteiger partial charge is 0.353 e. The smallest absolute Gasteiger partial charge is 0.220 e. The maximum Gasteiger partial charge on any atom is 0.220 e. The molecule has 2 aliphatic carbocycles. The number of nitrogens with one attached hydrogen (secondary N) is 1. The molecule has 6 heteroatoms. The van der Waals surface area contributed by atoms with Crippen LogP contribution in [0.25, 0.3) is 10.9 Å². The van der Waals surface area contributed by atoms with Gasteiger partial charge in [-0.2, -0.15) is 0 Å². The Morgan fingerprint density at radius 3 is 2.57 bits per heavy atom. The lowest BCUT2D eigenvalue weighted by atomic mass is 9.89. The number of nitrogens with zero attached hydrogens (tertiary/aromatic N) is 1. The van der Waals surface area contributed by atoms with Gasteiger partial charge < -0.3 is 15.6 Å². The number of carbonyl (C=O) groups is 1. The quantitative estimate of drug-likeness (QED) is 0.537. The summed E-state index contributed by atoms with van der Waals surface area (Å²) >= 11 is 3.63. The number of fused-ring (bicyclic) bond motifs is 1. The molecule has 2 fully saturated rings. The third-order valence-corrected chi connectivity index (χ3v) is 7.36. The van der Waals surface area contributed by atoms with Gasteiger partial charge in [-0.15, -0.1) is 12.4 Å². The summed E-state index contributed by atoms with van der Waals surface area (Å²) in [5.74, 6) is 0.963. The van der Waals surface area contributed by atoms with Crippen LogP contribution in [0.3, 0.4) is 0 Å². The molecule has 3 N–H and O–H groups in total. The van der Waals surface area contributed by atoms with Crippen LogP contribution in [-0.4, -0.2) is 22.6 Å². The van der Waals surface area contributed by atoms with Crippen LogP contribution in [0.15, 0.2) is 28.9 Å². The van der Waals surface area contributed by atoms with E-state index in [1.807, 2.05) is 0 Å². The fourth-order valence-corrected chi connectivity index (χ4v) is 5.51. The summed E-state index contributed by atoms with van der Waals surface area (Å²) in [4.78, 5) is 12.5. The summed E-state index contributed by atoms with van der Waals surface area (Å²) in [6.45, 7) is 1.10. The first-order valence-corrected chi connectivity index (χ1v) is 12.2. The van der Waals surface area contributed by atoms with Crippen molar-refractivity contribution in [2.24, 2.45) is 11.7 Å². The molecule has 4 nitrogen and oxygen atoms in total. The van der Waals surface area contributed by atoms with E-state index in [0.29, 0.717) is 18.5 Å². The Bertz CT molecular complexity index is 838. The zero-order valence-electron chi connectivity index (χ0n) is 17.7. The molecule has 2 saturated carbocycles. The second kappa shape index (κ2) is 11.0. The minimum absolute atomic E-state index is 0. The Morgan fingerprint density at radius 2 is 1.83 bits per heavy atom. The summed E-state index contributed by atoms with van der Waals surface area (Å²) < 4.78 is 3.54. The average Bonchev–Trinajstić information content (AvgIpc) is 3.05. The summed E-state index contributed by atoms with van der Waals surface area (Å²) in [6, 6.07) is 7.18. The third-order valence-electron chi connectivity index (χ3n) is 6.86. The molecule has 2 aliphatic rings. The van der Waals surface area contributed by atoms with E-state index >= 15 is 0 Å². The summed E-state index contributed by atoms with van der Waals surface area (Å²) in [6.07, 6.45) is 14.5. The van der Waals surface area contributed by atoms with E-state index in [1.54, 1.807) is 0 Å². The van der Waals surface area contributed by atoms with Gasteiger partial charge in [0.05, 0.1) is 0 Å². The van der Waals surface area contributed by atoms with E-state index in [4.69, 9.17) is 5.73 Å². The van der Waals surface area contributed by atoms with Gasteiger partial charge in [-0.25, -0.2) is 0 Å². The lowest BCUT2D eigenvalue weighted by Gasteiger charge is -2.26. The highest BCUT2D eigenvalue weighted by Crippen LogP contribution is 2.30. The van der Waals surface area contributed by atoms with Gasteiger partial charge in [0.2, 0.25) is 5.91 Å². The van der Waals surface area contributed by atoms with E-state index in [0.717, 1.165) is 49.0 Å². The molecule has 2 aromatic rings. The van der Waals surface area contributed by atoms with Gasteiger partial charge in [0.25, 0.3) is 0 Å². The van der Waals surface area contributed by atoms with Gasteiger partial charge in [-0.3, -0.25) is 4.79 Å². The Morgan fingerprint density at radius 1 is 1.10 bits per heavy atom. The molecule has 0 aliphatic heterocycles. The number of hydrogen-bond acceptors (Lipinski definition) is 2. The Kier molecular flexibility index (Phi) is 8.67. The molecule has 0 atom stereocenters. The molecule has 1 amide bonds. The van der Waals surface area contributed by atoms with Gasteiger partial charge in [0, 0.05) is 46.6 Å². The van der Waals surface area contributed by atoms with E-state index in [1.165, 1.54) is 48.6 Å². The third kappa shape index (κ3) is 6.02. The van der Waals surface area contributed by atoms with Crippen LogP contribution in [0.2, 0.25) is 0 Å². The zero-order chi connectivity index (χ0) is 20.2. The van der Waals surface area contributed by atoms with Crippen LogP contribution in [0, 0.1) is 5.92 Å². The van der Waals surface area contributed by atoms with Crippen LogP contribution in [0.1, 0.15) is 69.8 Å². The van der Waals surface area contributed by atoms with E-state index in [-0.39, 0.29) is 18.3 Å². The van der Waals surface area contributed by atoms with Crippen LogP contribution in [0.4, 0.5) is 0 Å². The molecular formula is C24H35BrClN3O. The van der Waals surface area contributed by atoms with Crippen molar-refractivity contribution in [3.8, 4) is 0 Å². The van der Waals surface area contributed by atoms with E-state index in [9.17, 15) is 4.79 Å². The predicted molar refractivity (Wildman–Crippen MR) is 130 cm³/mol. The summed E-state index contributed by atoms with van der Waals surface area (Å²) in [7, 11) is 0. The summed E-state index contributed by atoms with van der Waals surface area (Å²) in [5, 5.41) is 4.51. The highest BCUT2D eigenvalue weighted by molar-refractivity contribution is 9.10. The summed E-state index contributed by atoms with van der Waals surface area (Å²) in [5.41, 5.74) is 8.57. The topological polar surface area (TPSA) is 60.0 Å². The van der Waals surface area contributed by atoms with Crippen LogP contribution in [0.5, 0.6) is 0 Å². The molecule has 1 aromatic carbocycles. The molecule has 166 valence electrons. The Labute approximate surface area is 194 Å². The first kappa shape index (κ1) is 23.6. The number of nitrogens with two attached hydrogens (primary N) is 1. The zero-order valence-corrected chi connectivity index (χ0v) is 20.1. The number of aryl methyl sites for hydroxylation is 1. The number of carbonyl (C=O) groups excluding carboxylic acids is 1. The minimum atomic E-state index is 0. The van der Waals surface area contributed by atoms with Gasteiger partial charge in [0.1, 0.15) is 0 Å². The average molecular weight is 497 g/mol. The fraction of sp³-hybridized carbons (Fsp3) is 0.625. The van der Waals surface area contributed by atoms with Crippen molar-refractivity contribution >= 4 is 45.1 Å². The second-order valence-electron chi connectivity index (χ2n) is 9.15. The first-order valence-electron chi connectivity index (χ1n) is 11.4. The molecule has 0 bridgehead atoms. The number of amides is 1. The molecule has 0 unspecified atom stereocenters. The van der Waals surface area contributed by atoms with E-state index < -0.39 is 0 Å². The van der Waals surface area contributed by atoms with Crippen LogP contribution >= 0.6 is 28.3 Å². The maximum absolute atomic E-state index is 12.5. The molecule has 4 rings (SSSR count). The van der Waals surface area contributed by atoms with Crippen molar-refractivity contribution in [1.82, 2.24) is 9.88 Å². The highest BCUT2D eigenvalue weighted by atomic mass is 79.9. The molecule has 1 aromatic heterocycles. The number of rotatable bonds is 6. The van der Waals surface area contributed by atoms with Gasteiger partial charge in [-0.1, -0.05) is 35.2 Å². The van der Waals surface area contributed by atoms with Crippen molar-refractivity contribution in [1.29, 1.82) is 0 Å². The Hall–Kier alpha value is -1.04. The standard InChI is InChI=1S/C24H34BrN3O.ClH/c25-19-7-12-23-22(14-19)18(16-28(23)15-17-4-2-1-3-5-17)6-13-24(29)27-21-10-8-20(26)9-11-21;/h7,12,14,16-17,20-21H,1-6,8-11,13,15,26H2,(H,27,29);1H. The molecule has 1 heterocycles. The van der Waals surface area contributed by atoms with E-state index in [2.05, 4.69) is 50.2 Å². The maximum atomic E-state index is 12.5. The van der Waals surface area contributed by atoms with Crippen LogP contribution < -0.4 is 11.1 Å².